The van der Waals surface area contributed by atoms with Crippen LogP contribution in [-0.4, -0.2) is 50.7 Å². The molecule has 0 aliphatic carbocycles. The van der Waals surface area contributed by atoms with Gasteiger partial charge in [-0.05, 0) is 19.4 Å². The first-order valence-electron chi connectivity index (χ1n) is 7.27. The second kappa shape index (κ2) is 6.85. The van der Waals surface area contributed by atoms with E-state index < -0.39 is 0 Å². The molecule has 2 fully saturated rings. The molecule has 2 saturated heterocycles. The molecule has 2 rings (SSSR count). The van der Waals surface area contributed by atoms with Crippen LogP contribution < -0.4 is 5.32 Å². The van der Waals surface area contributed by atoms with E-state index in [-0.39, 0.29) is 5.60 Å². The third-order valence-electron chi connectivity index (χ3n) is 3.74. The molecule has 2 unspecified atom stereocenters. The summed E-state index contributed by atoms with van der Waals surface area (Å²) in [7, 11) is 0. The van der Waals surface area contributed by atoms with Gasteiger partial charge in [0.15, 0.2) is 0 Å². The van der Waals surface area contributed by atoms with Gasteiger partial charge in [-0.25, -0.2) is 0 Å². The van der Waals surface area contributed by atoms with Crippen LogP contribution in [0.15, 0.2) is 0 Å². The molecular formula is C14H27NO3. The molecule has 18 heavy (non-hydrogen) atoms. The Labute approximate surface area is 110 Å². The Bertz CT molecular complexity index is 239. The zero-order chi connectivity index (χ0) is 12.8. The van der Waals surface area contributed by atoms with Gasteiger partial charge in [-0.15, -0.1) is 0 Å². The van der Waals surface area contributed by atoms with Gasteiger partial charge in [0.2, 0.25) is 0 Å². The lowest BCUT2D eigenvalue weighted by molar-refractivity contribution is -0.133. The van der Waals surface area contributed by atoms with Crippen molar-refractivity contribution in [3.05, 3.63) is 0 Å². The molecule has 1 spiro atoms. The van der Waals surface area contributed by atoms with Crippen LogP contribution in [0, 0.1) is 0 Å². The quantitative estimate of drug-likeness (QED) is 0.736. The second-order valence-electron chi connectivity index (χ2n) is 5.78. The van der Waals surface area contributed by atoms with Gasteiger partial charge >= 0.3 is 0 Å². The Morgan fingerprint density at radius 1 is 1.39 bits per heavy atom. The third-order valence-corrected chi connectivity index (χ3v) is 3.74. The normalized spacial score (nSPS) is 32.5. The zero-order valence-corrected chi connectivity index (χ0v) is 11.7. The van der Waals surface area contributed by atoms with Crippen LogP contribution in [0.5, 0.6) is 0 Å². The van der Waals surface area contributed by atoms with Crippen molar-refractivity contribution >= 4 is 0 Å². The Balaban J connectivity index is 1.61. The fourth-order valence-corrected chi connectivity index (χ4v) is 2.70. The van der Waals surface area contributed by atoms with Crippen molar-refractivity contribution in [1.82, 2.24) is 5.32 Å². The molecule has 2 aliphatic rings. The lowest BCUT2D eigenvalue weighted by atomic mass is 9.91. The molecule has 2 heterocycles. The van der Waals surface area contributed by atoms with Gasteiger partial charge in [-0.2, -0.15) is 0 Å². The van der Waals surface area contributed by atoms with Crippen molar-refractivity contribution in [2.24, 2.45) is 0 Å². The summed E-state index contributed by atoms with van der Waals surface area (Å²) < 4.78 is 17.3. The highest BCUT2D eigenvalue weighted by atomic mass is 16.6. The average Bonchev–Trinajstić information content (AvgIpc) is 2.76. The van der Waals surface area contributed by atoms with Gasteiger partial charge in [0.1, 0.15) is 0 Å². The first-order chi connectivity index (χ1) is 8.70. The monoisotopic (exact) mass is 257 g/mol. The van der Waals surface area contributed by atoms with Gasteiger partial charge < -0.3 is 19.5 Å². The largest absolute Gasteiger partial charge is 0.378 e. The van der Waals surface area contributed by atoms with Crippen LogP contribution in [0.3, 0.4) is 0 Å². The molecule has 0 aromatic heterocycles. The summed E-state index contributed by atoms with van der Waals surface area (Å²) in [6.07, 6.45) is 4.50. The van der Waals surface area contributed by atoms with E-state index in [1.807, 2.05) is 0 Å². The average molecular weight is 257 g/mol. The van der Waals surface area contributed by atoms with Gasteiger partial charge in [-0.1, -0.05) is 13.8 Å². The van der Waals surface area contributed by atoms with E-state index in [0.29, 0.717) is 12.1 Å². The predicted molar refractivity (Wildman–Crippen MR) is 70.8 cm³/mol. The molecule has 2 atom stereocenters. The number of nitrogens with one attached hydrogen (secondary N) is 1. The standard InChI is InChI=1S/C14H27NO3/c1-12(2)15-6-3-7-17-13-4-8-18-14(10-13)5-9-16-11-14/h12-13,15H,3-11H2,1-2H3. The lowest BCUT2D eigenvalue weighted by Gasteiger charge is -2.36. The molecule has 106 valence electrons. The molecule has 0 amide bonds. The summed E-state index contributed by atoms with van der Waals surface area (Å²) in [5.41, 5.74) is -0.0287. The van der Waals surface area contributed by atoms with Crippen molar-refractivity contribution in [2.75, 3.05) is 33.0 Å². The van der Waals surface area contributed by atoms with Gasteiger partial charge in [-0.3, -0.25) is 0 Å². The van der Waals surface area contributed by atoms with Crippen LogP contribution in [0.2, 0.25) is 0 Å². The van der Waals surface area contributed by atoms with Gasteiger partial charge in [0.25, 0.3) is 0 Å². The molecule has 0 aromatic rings. The van der Waals surface area contributed by atoms with Gasteiger partial charge in [0, 0.05) is 38.7 Å². The predicted octanol–water partition coefficient (Wildman–Crippen LogP) is 1.73. The fourth-order valence-electron chi connectivity index (χ4n) is 2.70. The van der Waals surface area contributed by atoms with Crippen LogP contribution in [0.4, 0.5) is 0 Å². The summed E-state index contributed by atoms with van der Waals surface area (Å²) in [6, 6.07) is 0.562. The summed E-state index contributed by atoms with van der Waals surface area (Å²) in [4.78, 5) is 0. The van der Waals surface area contributed by atoms with Crippen LogP contribution >= 0.6 is 0 Å². The van der Waals surface area contributed by atoms with Crippen molar-refractivity contribution < 1.29 is 14.2 Å². The summed E-state index contributed by atoms with van der Waals surface area (Å²) in [6.45, 7) is 8.63. The number of ether oxygens (including phenoxy) is 3. The highest BCUT2D eigenvalue weighted by Gasteiger charge is 2.41. The number of hydrogen-bond donors (Lipinski definition) is 1. The molecule has 0 radical (unpaired) electrons. The highest BCUT2D eigenvalue weighted by molar-refractivity contribution is 4.90. The topological polar surface area (TPSA) is 39.7 Å². The SMILES string of the molecule is CC(C)NCCCOC1CCOC2(CCOC2)C1. The Hall–Kier alpha value is -0.160. The molecule has 4 nitrogen and oxygen atoms in total. The van der Waals surface area contributed by atoms with Crippen LogP contribution in [0.25, 0.3) is 0 Å². The molecule has 1 N–H and O–H groups in total. The van der Waals surface area contributed by atoms with E-state index in [9.17, 15) is 0 Å². The maximum absolute atomic E-state index is 5.98. The van der Waals surface area contributed by atoms with E-state index in [2.05, 4.69) is 19.2 Å². The maximum atomic E-state index is 5.98. The fraction of sp³-hybridized carbons (Fsp3) is 1.00. The molecule has 2 aliphatic heterocycles. The second-order valence-corrected chi connectivity index (χ2v) is 5.78. The Kier molecular flexibility index (Phi) is 5.42. The minimum atomic E-state index is -0.0287. The van der Waals surface area contributed by atoms with E-state index >= 15 is 0 Å². The maximum Gasteiger partial charge on any atom is 0.0961 e. The molecule has 4 heteroatoms. The minimum absolute atomic E-state index is 0.0287. The van der Waals surface area contributed by atoms with Crippen molar-refractivity contribution in [2.45, 2.75) is 57.3 Å². The number of hydrogen-bond acceptors (Lipinski definition) is 4. The van der Waals surface area contributed by atoms with E-state index in [4.69, 9.17) is 14.2 Å². The highest BCUT2D eigenvalue weighted by Crippen LogP contribution is 2.33. The summed E-state index contributed by atoms with van der Waals surface area (Å²) >= 11 is 0. The minimum Gasteiger partial charge on any atom is -0.378 e. The summed E-state index contributed by atoms with van der Waals surface area (Å²) in [5.74, 6) is 0. The van der Waals surface area contributed by atoms with E-state index in [0.717, 1.165) is 58.7 Å². The smallest absolute Gasteiger partial charge is 0.0961 e. The van der Waals surface area contributed by atoms with Crippen LogP contribution in [0.1, 0.15) is 39.5 Å². The first-order valence-corrected chi connectivity index (χ1v) is 7.27. The van der Waals surface area contributed by atoms with Crippen molar-refractivity contribution in [3.8, 4) is 0 Å². The third kappa shape index (κ3) is 4.19. The molecule has 0 aromatic carbocycles. The molecular weight excluding hydrogens is 230 g/mol. The van der Waals surface area contributed by atoms with E-state index in [1.165, 1.54) is 0 Å². The van der Waals surface area contributed by atoms with Crippen molar-refractivity contribution in [3.63, 3.8) is 0 Å². The lowest BCUT2D eigenvalue weighted by Crippen LogP contribution is -2.43. The molecule has 0 bridgehead atoms. The molecule has 0 saturated carbocycles. The zero-order valence-electron chi connectivity index (χ0n) is 11.7. The number of rotatable bonds is 6. The first kappa shape index (κ1) is 14.3. The van der Waals surface area contributed by atoms with Gasteiger partial charge in [0.05, 0.1) is 18.3 Å². The van der Waals surface area contributed by atoms with Crippen LogP contribution in [-0.2, 0) is 14.2 Å². The Morgan fingerprint density at radius 2 is 2.28 bits per heavy atom. The van der Waals surface area contributed by atoms with Crippen molar-refractivity contribution in [1.29, 1.82) is 0 Å². The Morgan fingerprint density at radius 3 is 3.00 bits per heavy atom. The van der Waals surface area contributed by atoms with E-state index in [1.54, 1.807) is 0 Å². The summed E-state index contributed by atoms with van der Waals surface area (Å²) in [5, 5.41) is 3.41.